The molecule has 0 radical (unpaired) electrons. The topological polar surface area (TPSA) is 385 Å². The fourth-order valence-corrected chi connectivity index (χ4v) is 20.6. The van der Waals surface area contributed by atoms with Gasteiger partial charge in [0.2, 0.25) is 0 Å². The number of esters is 11. The van der Waals surface area contributed by atoms with E-state index in [9.17, 15) is 69.6 Å². The Kier molecular flexibility index (Phi) is 20.0. The summed E-state index contributed by atoms with van der Waals surface area (Å²) in [5.74, 6) is -4.51. The summed E-state index contributed by atoms with van der Waals surface area (Å²) in [7, 11) is -6.97. The highest BCUT2D eigenvalue weighted by Crippen LogP contribution is 2.58. The zero-order valence-corrected chi connectivity index (χ0v) is 56.0. The molecule has 16 fully saturated rings. The monoisotopic (exact) mass is 1400 g/mol. The van der Waals surface area contributed by atoms with E-state index in [4.69, 9.17) is 65.2 Å². The Balaban J connectivity index is 0.000000124. The molecule has 0 aromatic heterocycles. The van der Waals surface area contributed by atoms with Crippen LogP contribution in [0.1, 0.15) is 112 Å². The van der Waals surface area contributed by atoms with Crippen molar-refractivity contribution in [2.75, 3.05) is 13.2 Å². The van der Waals surface area contributed by atoms with Gasteiger partial charge in [0.15, 0.2) is 31.5 Å². The van der Waals surface area contributed by atoms with E-state index in [1.807, 2.05) is 0 Å². The predicted molar refractivity (Wildman–Crippen MR) is 324 cm³/mol. The third-order valence-electron chi connectivity index (χ3n) is 21.1. The average Bonchev–Trinajstić information content (AvgIpc) is 1.59. The third-order valence-corrected chi connectivity index (χ3v) is 24.7. The van der Waals surface area contributed by atoms with Gasteiger partial charge in [-0.3, -0.25) is 22.7 Å². The van der Waals surface area contributed by atoms with Crippen LogP contribution in [-0.2, 0) is 138 Å². The van der Waals surface area contributed by atoms with E-state index < -0.39 is 141 Å². The van der Waals surface area contributed by atoms with Crippen LogP contribution in [0.15, 0.2) is 60.8 Å². The van der Waals surface area contributed by atoms with Crippen molar-refractivity contribution < 1.29 is 135 Å². The van der Waals surface area contributed by atoms with Gasteiger partial charge in [-0.25, -0.2) is 38.4 Å². The van der Waals surface area contributed by atoms with Gasteiger partial charge in [-0.2, -0.15) is 16.8 Å². The molecule has 0 N–H and O–H groups in total. The smallest absolute Gasteiger partial charge is 0.347 e. The molecule has 29 nitrogen and oxygen atoms in total. The molecule has 8 saturated heterocycles. The van der Waals surface area contributed by atoms with Gasteiger partial charge in [0.05, 0.1) is 34.4 Å². The van der Waals surface area contributed by atoms with E-state index in [2.05, 4.69) is 32.9 Å². The molecule has 26 unspecified atom stereocenters. The van der Waals surface area contributed by atoms with Crippen LogP contribution in [-0.4, -0.2) is 186 Å². The number of fused-ring (bicyclic) bond motifs is 5. The first-order valence-corrected chi connectivity index (χ1v) is 35.5. The zero-order chi connectivity index (χ0) is 70.3. The second kappa shape index (κ2) is 27.4. The standard InChI is InChI=1S/C16H20O6.C14H18O7S.C14H16O6.C11H14O5S.C11H12O5/c1-8(2)15(18)20-7-13(17)22-14-10-3-9-4-11(6-10)16(19)21-12(14)5-9;1-6(2)13(15)19-7(3)14(16)20-11-8-4-9-10(5-8)22(17,18)21-12(9)11;1-6(2)13(16)18-5-10(15)19-11-7-3-8-9(4-7)14(17)20-12(8)11;1-5(2)11(12)15-9-6-3-7-8(4-6)17(13,14)16-10(7)9;1-4(2)10(12)15-8-6-3-5-7(14-6)9(8)16-11(5)13/h9-12,14H,1,3-7H2,2H3;7-12H,1,4-5H2,2-3H3;7-9,11-12H,1,3-5H2,2H3;6-10H,1,3-4H2,2H3;5-9H,1,3H2,2H3. The maximum atomic E-state index is 12.0. The predicted octanol–water partition coefficient (Wildman–Crippen LogP) is 3.32. The lowest BCUT2D eigenvalue weighted by atomic mass is 9.67. The Morgan fingerprint density at radius 2 is 0.897 bits per heavy atom. The summed E-state index contributed by atoms with van der Waals surface area (Å²) in [4.78, 5) is 127. The highest BCUT2D eigenvalue weighted by Gasteiger charge is 2.68. The van der Waals surface area contributed by atoms with Crippen molar-refractivity contribution in [2.24, 2.45) is 65.1 Å². The van der Waals surface area contributed by atoms with Crippen molar-refractivity contribution in [3.63, 3.8) is 0 Å². The van der Waals surface area contributed by atoms with E-state index in [1.165, 1.54) is 27.7 Å². The Bertz CT molecular complexity index is 3610. The van der Waals surface area contributed by atoms with Gasteiger partial charge in [-0.1, -0.05) is 32.9 Å². The molecule has 0 spiro atoms. The van der Waals surface area contributed by atoms with Gasteiger partial charge in [0.25, 0.3) is 20.2 Å². The molecule has 0 aromatic rings. The average molecular weight is 1400 g/mol. The largest absolute Gasteiger partial charge is 0.458 e. The van der Waals surface area contributed by atoms with Crippen LogP contribution in [0, 0.1) is 65.1 Å². The van der Waals surface area contributed by atoms with Gasteiger partial charge in [-0.15, -0.1) is 0 Å². The van der Waals surface area contributed by atoms with Crippen LogP contribution >= 0.6 is 0 Å². The van der Waals surface area contributed by atoms with Gasteiger partial charge < -0.3 is 56.8 Å². The fraction of sp³-hybridized carbons (Fsp3) is 0.682. The lowest BCUT2D eigenvalue weighted by molar-refractivity contribution is -0.177. The van der Waals surface area contributed by atoms with Crippen molar-refractivity contribution in [2.45, 2.75) is 202 Å². The number of carbonyl (C=O) groups excluding carboxylic acids is 11. The van der Waals surface area contributed by atoms with Gasteiger partial charge in [0.1, 0.15) is 54.9 Å². The molecule has 8 aliphatic carbocycles. The van der Waals surface area contributed by atoms with Crippen molar-refractivity contribution in [1.29, 1.82) is 0 Å². The van der Waals surface area contributed by atoms with Crippen LogP contribution in [0.5, 0.6) is 0 Å². The third kappa shape index (κ3) is 14.2. The lowest BCUT2D eigenvalue weighted by Crippen LogP contribution is -2.45. The van der Waals surface area contributed by atoms with E-state index >= 15 is 0 Å². The second-order valence-electron chi connectivity index (χ2n) is 28.2. The number of hydrogen-bond acceptors (Lipinski definition) is 29. The minimum Gasteiger partial charge on any atom is -0.458 e. The van der Waals surface area contributed by atoms with E-state index in [1.54, 1.807) is 13.8 Å². The number of ether oxygens (including phenoxy) is 12. The van der Waals surface area contributed by atoms with Gasteiger partial charge in [-0.05, 0) is 118 Å². The molecule has 530 valence electrons. The summed E-state index contributed by atoms with van der Waals surface area (Å²) in [6.45, 7) is 25.5. The molecule has 0 aromatic carbocycles. The summed E-state index contributed by atoms with van der Waals surface area (Å²) in [5, 5.41) is -0.839. The van der Waals surface area contributed by atoms with Crippen molar-refractivity contribution in [1.82, 2.24) is 0 Å². The molecule has 8 saturated carbocycles. The molecule has 26 atom stereocenters. The summed E-state index contributed by atoms with van der Waals surface area (Å²) < 4.78 is 120. The van der Waals surface area contributed by atoms with E-state index in [-0.39, 0.29) is 123 Å². The Morgan fingerprint density at radius 1 is 0.433 bits per heavy atom. The number of hydrogen-bond donors (Lipinski definition) is 0. The molecule has 8 aliphatic heterocycles. The first kappa shape index (κ1) is 71.0. The van der Waals surface area contributed by atoms with Crippen molar-refractivity contribution >= 4 is 85.9 Å². The quantitative estimate of drug-likeness (QED) is 0.0925. The van der Waals surface area contributed by atoms with Crippen LogP contribution in [0.25, 0.3) is 0 Å². The Morgan fingerprint density at radius 3 is 1.44 bits per heavy atom. The molecule has 16 rings (SSSR count). The normalized spacial score (nSPS) is 39.4. The molecule has 16 aliphatic rings. The summed E-state index contributed by atoms with van der Waals surface area (Å²) in [5.41, 5.74) is 1.31. The fourth-order valence-electron chi connectivity index (χ4n) is 16.8. The maximum Gasteiger partial charge on any atom is 0.347 e. The molecule has 31 heteroatoms. The SMILES string of the molecule is C=C(C)C(=O)OC(C)C(=O)OC1C2CC3C1OS(=O)(=O)C3C2.C=C(C)C(=O)OC1C2CC3C(=O)OC1C3O2.C=C(C)C(=O)OC1C2CC3C1OS(=O)(=O)C3C2.C=C(C)C(=O)OCC(=O)OC1C2CC3C(=O)OC1C3C2.C=C(C)C(=O)OCC(=O)OC1C2CC3CC(C2)C(=O)OC1C3. The first-order valence-electron chi connectivity index (χ1n) is 32.5. The Labute approximate surface area is 559 Å². The highest BCUT2D eigenvalue weighted by atomic mass is 32.2. The van der Waals surface area contributed by atoms with Crippen molar-refractivity contribution in [3.8, 4) is 0 Å². The number of rotatable bonds is 16. The minimum absolute atomic E-state index is 0.00733. The maximum absolute atomic E-state index is 12.0. The minimum atomic E-state index is -3.54. The van der Waals surface area contributed by atoms with Gasteiger partial charge in [0, 0.05) is 69.3 Å². The number of carbonyl (C=O) groups is 11. The molecule has 0 amide bonds. The second-order valence-corrected chi connectivity index (χ2v) is 31.7. The van der Waals surface area contributed by atoms with E-state index in [0.717, 1.165) is 44.9 Å². The lowest BCUT2D eigenvalue weighted by Gasteiger charge is -2.41. The highest BCUT2D eigenvalue weighted by molar-refractivity contribution is 7.88. The van der Waals surface area contributed by atoms with Crippen LogP contribution in [0.4, 0.5) is 0 Å². The summed E-state index contributed by atoms with van der Waals surface area (Å²) in [6.07, 6.45) is 2.08. The van der Waals surface area contributed by atoms with E-state index in [0.29, 0.717) is 42.7 Å². The molecule has 12 bridgehead atoms. The van der Waals surface area contributed by atoms with Gasteiger partial charge >= 0.3 is 65.7 Å². The Hall–Kier alpha value is -7.35. The summed E-state index contributed by atoms with van der Waals surface area (Å²) >= 11 is 0. The molecular formula is C66H80O29S2. The zero-order valence-electron chi connectivity index (χ0n) is 54.4. The summed E-state index contributed by atoms with van der Waals surface area (Å²) in [6, 6.07) is 0. The van der Waals surface area contributed by atoms with Crippen LogP contribution in [0.3, 0.4) is 0 Å². The molecular weight excluding hydrogens is 1320 g/mol. The van der Waals surface area contributed by atoms with Crippen LogP contribution in [0.2, 0.25) is 0 Å². The molecule has 97 heavy (non-hydrogen) atoms. The first-order chi connectivity index (χ1) is 45.6. The van der Waals surface area contributed by atoms with Crippen molar-refractivity contribution in [3.05, 3.63) is 60.8 Å². The van der Waals surface area contributed by atoms with Crippen LogP contribution < -0.4 is 0 Å². The molecule has 8 heterocycles.